The maximum Gasteiger partial charge on any atom is 0.178 e. The molecule has 0 atom stereocenters. The molecule has 0 aliphatic heterocycles. The van der Waals surface area contributed by atoms with Crippen molar-refractivity contribution < 1.29 is 0 Å². The van der Waals surface area contributed by atoms with Crippen molar-refractivity contribution in [2.24, 2.45) is 0 Å². The summed E-state index contributed by atoms with van der Waals surface area (Å²) in [5, 5.41) is 0. The molecule has 0 fully saturated rings. The Bertz CT molecular complexity index is 731. The minimum atomic E-state index is 0.744. The first-order chi connectivity index (χ1) is 8.63. The first-order valence-corrected chi connectivity index (χ1v) is 6.52. The third-order valence-electron chi connectivity index (χ3n) is 2.94. The molecule has 18 heavy (non-hydrogen) atoms. The van der Waals surface area contributed by atoms with Gasteiger partial charge < -0.3 is 4.98 Å². The van der Waals surface area contributed by atoms with Gasteiger partial charge in [-0.3, -0.25) is 0 Å². The zero-order valence-electron chi connectivity index (χ0n) is 10.2. The van der Waals surface area contributed by atoms with Gasteiger partial charge in [0.2, 0.25) is 0 Å². The molecular formula is C14H12BrN3. The minimum Gasteiger partial charge on any atom is -0.337 e. The van der Waals surface area contributed by atoms with Gasteiger partial charge in [0.15, 0.2) is 5.65 Å². The maximum absolute atomic E-state index is 4.53. The van der Waals surface area contributed by atoms with Crippen molar-refractivity contribution in [1.82, 2.24) is 15.0 Å². The Balaban J connectivity index is 2.19. The van der Waals surface area contributed by atoms with Crippen LogP contribution in [0.4, 0.5) is 0 Å². The molecule has 0 amide bonds. The smallest absolute Gasteiger partial charge is 0.178 e. The van der Waals surface area contributed by atoms with Gasteiger partial charge in [0.05, 0.1) is 5.52 Å². The highest BCUT2D eigenvalue weighted by atomic mass is 79.9. The molecule has 2 aromatic heterocycles. The quantitative estimate of drug-likeness (QED) is 0.738. The van der Waals surface area contributed by atoms with Gasteiger partial charge in [-0.25, -0.2) is 9.97 Å². The van der Waals surface area contributed by atoms with E-state index in [4.69, 9.17) is 0 Å². The number of halogens is 1. The largest absolute Gasteiger partial charge is 0.337 e. The Morgan fingerprint density at radius 1 is 1.17 bits per heavy atom. The van der Waals surface area contributed by atoms with Gasteiger partial charge in [0, 0.05) is 16.2 Å². The van der Waals surface area contributed by atoms with E-state index in [9.17, 15) is 0 Å². The Labute approximate surface area is 113 Å². The molecule has 3 rings (SSSR count). The van der Waals surface area contributed by atoms with E-state index in [2.05, 4.69) is 62.9 Å². The number of nitrogens with zero attached hydrogens (tertiary/aromatic N) is 2. The van der Waals surface area contributed by atoms with E-state index in [1.165, 1.54) is 11.1 Å². The molecular weight excluding hydrogens is 290 g/mol. The second-order valence-electron chi connectivity index (χ2n) is 4.43. The summed E-state index contributed by atoms with van der Waals surface area (Å²) in [5.74, 6) is 0.869. The standard InChI is InChI=1S/C14H12BrN3/c1-8-3-4-11(9(2)5-8)13-17-12-6-10(15)7-16-14(12)18-13/h3-7H,1-2H3,(H,16,17,18). The Morgan fingerprint density at radius 2 is 2.00 bits per heavy atom. The van der Waals surface area contributed by atoms with Crippen LogP contribution in [0.3, 0.4) is 0 Å². The average Bonchev–Trinajstić information content (AvgIpc) is 2.71. The number of aryl methyl sites for hydroxylation is 2. The molecule has 2 heterocycles. The number of nitrogens with one attached hydrogen (secondary N) is 1. The second-order valence-corrected chi connectivity index (χ2v) is 5.34. The van der Waals surface area contributed by atoms with Crippen LogP contribution in [-0.4, -0.2) is 15.0 Å². The maximum atomic E-state index is 4.53. The molecule has 0 bridgehead atoms. The molecule has 0 saturated carbocycles. The third kappa shape index (κ3) is 1.93. The highest BCUT2D eigenvalue weighted by Gasteiger charge is 2.08. The Kier molecular flexibility index (Phi) is 2.67. The number of imidazole rings is 1. The summed E-state index contributed by atoms with van der Waals surface area (Å²) in [6.07, 6.45) is 1.76. The van der Waals surface area contributed by atoms with Crippen molar-refractivity contribution in [3.05, 3.63) is 46.1 Å². The van der Waals surface area contributed by atoms with Crippen LogP contribution in [0.5, 0.6) is 0 Å². The third-order valence-corrected chi connectivity index (χ3v) is 3.37. The number of pyridine rings is 1. The average molecular weight is 302 g/mol. The molecule has 3 nitrogen and oxygen atoms in total. The minimum absolute atomic E-state index is 0.744. The van der Waals surface area contributed by atoms with Crippen LogP contribution in [0.25, 0.3) is 22.6 Å². The van der Waals surface area contributed by atoms with E-state index in [0.717, 1.165) is 27.0 Å². The van der Waals surface area contributed by atoms with Gasteiger partial charge >= 0.3 is 0 Å². The lowest BCUT2D eigenvalue weighted by atomic mass is 10.1. The highest BCUT2D eigenvalue weighted by molar-refractivity contribution is 9.10. The fourth-order valence-electron chi connectivity index (χ4n) is 2.08. The molecule has 0 aliphatic carbocycles. The predicted octanol–water partition coefficient (Wildman–Crippen LogP) is 4.00. The van der Waals surface area contributed by atoms with E-state index in [1.54, 1.807) is 6.20 Å². The first kappa shape index (κ1) is 11.4. The summed E-state index contributed by atoms with van der Waals surface area (Å²) in [6.45, 7) is 4.19. The van der Waals surface area contributed by atoms with Crippen molar-refractivity contribution in [2.45, 2.75) is 13.8 Å². The normalized spacial score (nSPS) is 11.1. The molecule has 90 valence electrons. The molecule has 4 heteroatoms. The molecule has 1 N–H and O–H groups in total. The van der Waals surface area contributed by atoms with Gasteiger partial charge in [0.25, 0.3) is 0 Å². The van der Waals surface area contributed by atoms with Crippen LogP contribution >= 0.6 is 15.9 Å². The van der Waals surface area contributed by atoms with E-state index in [0.29, 0.717) is 0 Å². The molecule has 0 spiro atoms. The number of aromatic nitrogens is 3. The van der Waals surface area contributed by atoms with Crippen molar-refractivity contribution in [2.75, 3.05) is 0 Å². The van der Waals surface area contributed by atoms with Gasteiger partial charge in [-0.05, 0) is 41.4 Å². The lowest BCUT2D eigenvalue weighted by Crippen LogP contribution is -1.86. The summed E-state index contributed by atoms with van der Waals surface area (Å²) in [4.78, 5) is 12.1. The van der Waals surface area contributed by atoms with E-state index in [1.807, 2.05) is 6.07 Å². The van der Waals surface area contributed by atoms with Crippen molar-refractivity contribution in [3.8, 4) is 11.4 Å². The summed E-state index contributed by atoms with van der Waals surface area (Å²) in [6, 6.07) is 8.34. The van der Waals surface area contributed by atoms with Gasteiger partial charge in [0.1, 0.15) is 5.82 Å². The van der Waals surface area contributed by atoms with E-state index in [-0.39, 0.29) is 0 Å². The second kappa shape index (κ2) is 4.21. The number of benzene rings is 1. The topological polar surface area (TPSA) is 41.6 Å². The molecule has 0 aliphatic rings. The molecule has 1 aromatic carbocycles. The van der Waals surface area contributed by atoms with Crippen LogP contribution in [0.2, 0.25) is 0 Å². The van der Waals surface area contributed by atoms with Gasteiger partial charge in [-0.2, -0.15) is 0 Å². The van der Waals surface area contributed by atoms with E-state index < -0.39 is 0 Å². The van der Waals surface area contributed by atoms with Crippen molar-refractivity contribution >= 4 is 27.1 Å². The lowest BCUT2D eigenvalue weighted by molar-refractivity contribution is 1.27. The predicted molar refractivity (Wildman–Crippen MR) is 76.5 cm³/mol. The molecule has 0 saturated heterocycles. The first-order valence-electron chi connectivity index (χ1n) is 5.72. The fourth-order valence-corrected chi connectivity index (χ4v) is 2.41. The number of hydrogen-bond acceptors (Lipinski definition) is 2. The highest BCUT2D eigenvalue weighted by Crippen LogP contribution is 2.24. The number of fused-ring (bicyclic) bond motifs is 1. The fraction of sp³-hybridized carbons (Fsp3) is 0.143. The van der Waals surface area contributed by atoms with E-state index >= 15 is 0 Å². The number of aromatic amines is 1. The van der Waals surface area contributed by atoms with Crippen molar-refractivity contribution in [3.63, 3.8) is 0 Å². The number of H-pyrrole nitrogens is 1. The van der Waals surface area contributed by atoms with Gasteiger partial charge in [-0.1, -0.05) is 23.8 Å². The van der Waals surface area contributed by atoms with Crippen LogP contribution in [0, 0.1) is 13.8 Å². The molecule has 0 radical (unpaired) electrons. The molecule has 3 aromatic rings. The van der Waals surface area contributed by atoms with Crippen LogP contribution in [-0.2, 0) is 0 Å². The Hall–Kier alpha value is -1.68. The lowest BCUT2D eigenvalue weighted by Gasteiger charge is -2.02. The zero-order chi connectivity index (χ0) is 12.7. The SMILES string of the molecule is Cc1ccc(-c2nc3ncc(Br)cc3[nH]2)c(C)c1. The van der Waals surface area contributed by atoms with Crippen LogP contribution < -0.4 is 0 Å². The summed E-state index contributed by atoms with van der Waals surface area (Å²) >= 11 is 3.41. The molecule has 0 unspecified atom stereocenters. The number of rotatable bonds is 1. The summed E-state index contributed by atoms with van der Waals surface area (Å²) in [5.41, 5.74) is 5.28. The summed E-state index contributed by atoms with van der Waals surface area (Å²) < 4.78 is 0.950. The van der Waals surface area contributed by atoms with Crippen LogP contribution in [0.1, 0.15) is 11.1 Å². The van der Waals surface area contributed by atoms with Gasteiger partial charge in [-0.15, -0.1) is 0 Å². The monoisotopic (exact) mass is 301 g/mol. The van der Waals surface area contributed by atoms with Crippen molar-refractivity contribution in [1.29, 1.82) is 0 Å². The summed E-state index contributed by atoms with van der Waals surface area (Å²) in [7, 11) is 0. The number of hydrogen-bond donors (Lipinski definition) is 1. The van der Waals surface area contributed by atoms with Crippen LogP contribution in [0.15, 0.2) is 34.9 Å². The Morgan fingerprint density at radius 3 is 2.78 bits per heavy atom. The zero-order valence-corrected chi connectivity index (χ0v) is 11.7.